The topological polar surface area (TPSA) is 87.5 Å². The van der Waals surface area contributed by atoms with E-state index in [2.05, 4.69) is 11.9 Å². The monoisotopic (exact) mass is 392 g/mol. The molecule has 8 heteroatoms. The van der Waals surface area contributed by atoms with E-state index in [1.54, 1.807) is 13.8 Å². The fourth-order valence-electron chi connectivity index (χ4n) is 3.47. The van der Waals surface area contributed by atoms with Crippen LogP contribution >= 0.6 is 11.3 Å². The molecule has 0 N–H and O–H groups in total. The maximum absolute atomic E-state index is 13.3. The highest BCUT2D eigenvalue weighted by atomic mass is 32.1. The Bertz CT molecular complexity index is 946. The summed E-state index contributed by atoms with van der Waals surface area (Å²) < 4.78 is 11.3. The second-order valence-corrected chi connectivity index (χ2v) is 7.87. The molecule has 0 amide bonds. The van der Waals surface area contributed by atoms with Gasteiger partial charge in [0.2, 0.25) is 5.82 Å². The van der Waals surface area contributed by atoms with E-state index in [1.807, 2.05) is 0 Å². The maximum Gasteiger partial charge on any atom is 0.374 e. The predicted octanol–water partition coefficient (Wildman–Crippen LogP) is 2.88. The van der Waals surface area contributed by atoms with Crippen LogP contribution in [0.25, 0.3) is 10.2 Å². The third-order valence-corrected chi connectivity index (χ3v) is 5.98. The molecule has 1 aliphatic carbocycles. The molecular weight excluding hydrogens is 368 g/mol. The molecule has 1 aliphatic rings. The Morgan fingerprint density at radius 2 is 2.00 bits per heavy atom. The fourth-order valence-corrected chi connectivity index (χ4v) is 4.84. The highest BCUT2D eigenvalue weighted by Gasteiger charge is 2.30. The normalized spacial score (nSPS) is 17.4. The molecule has 0 aromatic carbocycles. The van der Waals surface area contributed by atoms with Crippen LogP contribution in [0.15, 0.2) is 4.79 Å². The molecule has 2 aromatic heterocycles. The van der Waals surface area contributed by atoms with Crippen LogP contribution in [0.5, 0.6) is 0 Å². The Morgan fingerprint density at radius 1 is 1.30 bits per heavy atom. The third kappa shape index (κ3) is 3.50. The molecular formula is C19H24N2O5S. The van der Waals surface area contributed by atoms with Crippen molar-refractivity contribution < 1.29 is 19.1 Å². The van der Waals surface area contributed by atoms with Crippen LogP contribution in [0.2, 0.25) is 0 Å². The van der Waals surface area contributed by atoms with E-state index in [1.165, 1.54) is 18.3 Å². The van der Waals surface area contributed by atoms with Gasteiger partial charge in [-0.05, 0) is 51.5 Å². The number of ether oxygens (including phenoxy) is 2. The van der Waals surface area contributed by atoms with Gasteiger partial charge in [0, 0.05) is 4.88 Å². The summed E-state index contributed by atoms with van der Waals surface area (Å²) in [7, 11) is 0. The van der Waals surface area contributed by atoms with Crippen LogP contribution in [0.1, 0.15) is 61.2 Å². The van der Waals surface area contributed by atoms with Crippen LogP contribution in [0, 0.1) is 5.92 Å². The molecule has 0 saturated heterocycles. The minimum absolute atomic E-state index is 0.151. The molecule has 0 aliphatic heterocycles. The number of fused-ring (bicyclic) bond motifs is 3. The first-order chi connectivity index (χ1) is 12.9. The lowest BCUT2D eigenvalue weighted by atomic mass is 9.89. The van der Waals surface area contributed by atoms with Crippen molar-refractivity contribution in [2.45, 2.75) is 53.0 Å². The van der Waals surface area contributed by atoms with Gasteiger partial charge < -0.3 is 9.47 Å². The molecule has 2 atom stereocenters. The van der Waals surface area contributed by atoms with Crippen molar-refractivity contribution in [2.24, 2.45) is 5.92 Å². The van der Waals surface area contributed by atoms with Crippen LogP contribution in [-0.2, 0) is 27.1 Å². The average Bonchev–Trinajstić information content (AvgIpc) is 2.99. The van der Waals surface area contributed by atoms with Crippen molar-refractivity contribution in [3.63, 3.8) is 0 Å². The Balaban J connectivity index is 2.25. The standard InChI is InChI=1S/C19H24N2O5S/c1-5-25-18(23)11(4)21-15(19(24)26-6-2)20-16-14(17(21)22)12-8-7-10(3)9-13(12)27-16/h10-11H,5-9H2,1-4H3/t10-,11+/m1/s1. The number of aryl methyl sites for hydroxylation is 1. The Morgan fingerprint density at radius 3 is 2.67 bits per heavy atom. The van der Waals surface area contributed by atoms with Crippen molar-refractivity contribution in [1.82, 2.24) is 9.55 Å². The number of hydrogen-bond acceptors (Lipinski definition) is 7. The van der Waals surface area contributed by atoms with Gasteiger partial charge in [0.05, 0.1) is 18.6 Å². The van der Waals surface area contributed by atoms with Gasteiger partial charge in [-0.3, -0.25) is 9.36 Å². The quantitative estimate of drug-likeness (QED) is 0.727. The first-order valence-electron chi connectivity index (χ1n) is 9.29. The van der Waals surface area contributed by atoms with Crippen LogP contribution in [0.3, 0.4) is 0 Å². The van der Waals surface area contributed by atoms with Crippen molar-refractivity contribution in [2.75, 3.05) is 13.2 Å². The first kappa shape index (κ1) is 19.5. The number of carbonyl (C=O) groups excluding carboxylic acids is 2. The van der Waals surface area contributed by atoms with E-state index in [9.17, 15) is 14.4 Å². The highest BCUT2D eigenvalue weighted by Crippen LogP contribution is 2.36. The van der Waals surface area contributed by atoms with Crippen molar-refractivity contribution in [3.05, 3.63) is 26.6 Å². The van der Waals surface area contributed by atoms with Gasteiger partial charge >= 0.3 is 11.9 Å². The smallest absolute Gasteiger partial charge is 0.374 e. The van der Waals surface area contributed by atoms with Gasteiger partial charge in [-0.25, -0.2) is 14.6 Å². The lowest BCUT2D eigenvalue weighted by Crippen LogP contribution is -2.35. The Hall–Kier alpha value is -2.22. The molecule has 0 fully saturated rings. The van der Waals surface area contributed by atoms with E-state index >= 15 is 0 Å². The molecule has 0 unspecified atom stereocenters. The van der Waals surface area contributed by atoms with Gasteiger partial charge in [-0.1, -0.05) is 6.92 Å². The average molecular weight is 392 g/mol. The van der Waals surface area contributed by atoms with E-state index in [4.69, 9.17) is 9.47 Å². The van der Waals surface area contributed by atoms with Gasteiger partial charge in [0.1, 0.15) is 10.9 Å². The lowest BCUT2D eigenvalue weighted by molar-refractivity contribution is -0.146. The first-order valence-corrected chi connectivity index (χ1v) is 10.1. The molecule has 146 valence electrons. The summed E-state index contributed by atoms with van der Waals surface area (Å²) in [4.78, 5) is 44.2. The van der Waals surface area contributed by atoms with E-state index in [0.717, 1.165) is 34.3 Å². The van der Waals surface area contributed by atoms with Gasteiger partial charge in [0.25, 0.3) is 5.56 Å². The number of aromatic nitrogens is 2. The molecule has 0 saturated carbocycles. The zero-order valence-electron chi connectivity index (χ0n) is 16.0. The van der Waals surface area contributed by atoms with Gasteiger partial charge in [-0.15, -0.1) is 11.3 Å². The molecule has 27 heavy (non-hydrogen) atoms. The lowest BCUT2D eigenvalue weighted by Gasteiger charge is -2.19. The Kier molecular flexibility index (Phi) is 5.64. The SMILES string of the molecule is CCOC(=O)c1nc2sc3c(c2c(=O)n1[C@@H](C)C(=O)OCC)CC[C@@H](C)C3. The van der Waals surface area contributed by atoms with Crippen LogP contribution in [-0.4, -0.2) is 34.7 Å². The third-order valence-electron chi connectivity index (χ3n) is 4.83. The summed E-state index contributed by atoms with van der Waals surface area (Å²) >= 11 is 1.46. The summed E-state index contributed by atoms with van der Waals surface area (Å²) in [5.74, 6) is -0.895. The van der Waals surface area contributed by atoms with E-state index < -0.39 is 18.0 Å². The summed E-state index contributed by atoms with van der Waals surface area (Å²) in [6.45, 7) is 7.44. The summed E-state index contributed by atoms with van der Waals surface area (Å²) in [6, 6.07) is -0.966. The number of hydrogen-bond donors (Lipinski definition) is 0. The van der Waals surface area contributed by atoms with Gasteiger partial charge in [-0.2, -0.15) is 0 Å². The zero-order valence-corrected chi connectivity index (χ0v) is 16.9. The van der Waals surface area contributed by atoms with Crippen molar-refractivity contribution >= 4 is 33.5 Å². The summed E-state index contributed by atoms with van der Waals surface area (Å²) in [5, 5.41) is 0.520. The number of nitrogens with zero attached hydrogens (tertiary/aromatic N) is 2. The van der Waals surface area contributed by atoms with Crippen molar-refractivity contribution in [3.8, 4) is 0 Å². The van der Waals surface area contributed by atoms with Crippen LogP contribution < -0.4 is 5.56 Å². The second-order valence-electron chi connectivity index (χ2n) is 6.79. The van der Waals surface area contributed by atoms with Gasteiger partial charge in [0.15, 0.2) is 0 Å². The van der Waals surface area contributed by atoms with E-state index in [-0.39, 0.29) is 24.6 Å². The van der Waals surface area contributed by atoms with E-state index in [0.29, 0.717) is 16.1 Å². The van der Waals surface area contributed by atoms with Crippen molar-refractivity contribution in [1.29, 1.82) is 0 Å². The highest BCUT2D eigenvalue weighted by molar-refractivity contribution is 7.18. The second kappa shape index (κ2) is 7.80. The number of thiophene rings is 1. The minimum atomic E-state index is -0.966. The number of rotatable bonds is 5. The summed E-state index contributed by atoms with van der Waals surface area (Å²) in [6.07, 6.45) is 2.71. The molecule has 0 radical (unpaired) electrons. The number of carbonyl (C=O) groups is 2. The Labute approximate surface area is 161 Å². The number of esters is 2. The van der Waals surface area contributed by atoms with Crippen LogP contribution in [0.4, 0.5) is 0 Å². The fraction of sp³-hybridized carbons (Fsp3) is 0.579. The largest absolute Gasteiger partial charge is 0.464 e. The summed E-state index contributed by atoms with van der Waals surface area (Å²) in [5.41, 5.74) is 0.626. The predicted molar refractivity (Wildman–Crippen MR) is 102 cm³/mol. The molecule has 2 heterocycles. The molecule has 3 rings (SSSR count). The maximum atomic E-state index is 13.3. The molecule has 0 spiro atoms. The molecule has 7 nitrogen and oxygen atoms in total. The molecule has 2 aromatic rings. The minimum Gasteiger partial charge on any atom is -0.464 e. The molecule has 0 bridgehead atoms. The zero-order chi connectivity index (χ0) is 19.7.